The predicted octanol–water partition coefficient (Wildman–Crippen LogP) is 4.76. The maximum absolute atomic E-state index is 12.9. The van der Waals surface area contributed by atoms with E-state index in [-0.39, 0.29) is 11.7 Å². The summed E-state index contributed by atoms with van der Waals surface area (Å²) in [5.74, 6) is 1.09. The molecule has 0 saturated carbocycles. The highest BCUT2D eigenvalue weighted by atomic mass is 16.5. The second-order valence-corrected chi connectivity index (χ2v) is 6.70. The van der Waals surface area contributed by atoms with Gasteiger partial charge in [-0.15, -0.1) is 5.10 Å². The van der Waals surface area contributed by atoms with Gasteiger partial charge in [0.15, 0.2) is 5.82 Å². The van der Waals surface area contributed by atoms with Crippen LogP contribution in [0.25, 0.3) is 17.1 Å². The first-order valence-electron chi connectivity index (χ1n) is 9.75. The Hall–Kier alpha value is -3.93. The first-order valence-corrected chi connectivity index (χ1v) is 9.75. The largest absolute Gasteiger partial charge is 0.497 e. The van der Waals surface area contributed by atoms with Crippen molar-refractivity contribution in [3.63, 3.8) is 0 Å². The van der Waals surface area contributed by atoms with E-state index in [1.165, 1.54) is 0 Å². The van der Waals surface area contributed by atoms with Crippen LogP contribution in [0.4, 0.5) is 5.69 Å². The second kappa shape index (κ2) is 8.61. The molecule has 0 atom stereocenters. The van der Waals surface area contributed by atoms with Gasteiger partial charge in [-0.25, -0.2) is 9.67 Å². The van der Waals surface area contributed by atoms with Crippen LogP contribution in [-0.4, -0.2) is 27.8 Å². The van der Waals surface area contributed by atoms with E-state index in [1.807, 2.05) is 78.9 Å². The first kappa shape index (κ1) is 19.4. The summed E-state index contributed by atoms with van der Waals surface area (Å²) in [6, 6.07) is 24.9. The van der Waals surface area contributed by atoms with E-state index < -0.39 is 0 Å². The number of ether oxygens (including phenoxy) is 1. The van der Waals surface area contributed by atoms with Crippen LogP contribution in [0.1, 0.15) is 23.1 Å². The van der Waals surface area contributed by atoms with Crippen LogP contribution >= 0.6 is 0 Å². The summed E-state index contributed by atoms with van der Waals surface area (Å²) >= 11 is 0. The van der Waals surface area contributed by atoms with Gasteiger partial charge in [0.2, 0.25) is 5.82 Å². The monoisotopic (exact) mass is 398 g/mol. The van der Waals surface area contributed by atoms with Crippen molar-refractivity contribution < 1.29 is 9.53 Å². The Morgan fingerprint density at radius 3 is 2.37 bits per heavy atom. The molecule has 1 N–H and O–H groups in total. The Bertz CT molecular complexity index is 1150. The molecule has 150 valence electrons. The maximum atomic E-state index is 12.9. The van der Waals surface area contributed by atoms with E-state index >= 15 is 0 Å². The van der Waals surface area contributed by atoms with Crippen LogP contribution in [0.3, 0.4) is 0 Å². The third-order valence-electron chi connectivity index (χ3n) is 4.81. The summed E-state index contributed by atoms with van der Waals surface area (Å²) in [7, 11) is 1.62. The van der Waals surface area contributed by atoms with Crippen LogP contribution < -0.4 is 10.1 Å². The van der Waals surface area contributed by atoms with Crippen molar-refractivity contribution in [1.82, 2.24) is 14.8 Å². The summed E-state index contributed by atoms with van der Waals surface area (Å²) in [5, 5.41) is 7.46. The Morgan fingerprint density at radius 1 is 0.967 bits per heavy atom. The number of para-hydroxylation sites is 2. The number of aromatic nitrogens is 3. The van der Waals surface area contributed by atoms with Crippen LogP contribution in [0, 0.1) is 0 Å². The van der Waals surface area contributed by atoms with Crippen LogP contribution in [0.2, 0.25) is 0 Å². The van der Waals surface area contributed by atoms with Gasteiger partial charge < -0.3 is 10.1 Å². The molecule has 3 aromatic carbocycles. The molecule has 0 spiro atoms. The molecule has 0 fully saturated rings. The Kier molecular flexibility index (Phi) is 5.57. The zero-order valence-corrected chi connectivity index (χ0v) is 16.9. The molecule has 0 aliphatic heterocycles. The number of amides is 1. The van der Waals surface area contributed by atoms with E-state index in [0.29, 0.717) is 5.82 Å². The SMILES string of the molecule is CCc1ccccc1NC(=O)c1nc(-c2ccc(OC)cc2)n(-c2ccccc2)n1. The fourth-order valence-electron chi connectivity index (χ4n) is 3.21. The third kappa shape index (κ3) is 3.93. The number of benzene rings is 3. The smallest absolute Gasteiger partial charge is 0.295 e. The van der Waals surface area contributed by atoms with E-state index in [4.69, 9.17) is 4.74 Å². The summed E-state index contributed by atoms with van der Waals surface area (Å²) in [4.78, 5) is 17.5. The minimum Gasteiger partial charge on any atom is -0.497 e. The number of carbonyl (C=O) groups excluding carboxylic acids is 1. The van der Waals surface area contributed by atoms with Crippen molar-refractivity contribution in [3.8, 4) is 22.8 Å². The number of carbonyl (C=O) groups is 1. The molecular formula is C24H22N4O2. The molecule has 6 heteroatoms. The van der Waals surface area contributed by atoms with Crippen LogP contribution in [0.5, 0.6) is 5.75 Å². The summed E-state index contributed by atoms with van der Waals surface area (Å²) < 4.78 is 6.93. The number of methoxy groups -OCH3 is 1. The number of aryl methyl sites for hydroxylation is 1. The minimum absolute atomic E-state index is 0.107. The fourth-order valence-corrected chi connectivity index (χ4v) is 3.21. The zero-order valence-electron chi connectivity index (χ0n) is 16.9. The number of nitrogens with zero attached hydrogens (tertiary/aromatic N) is 3. The summed E-state index contributed by atoms with van der Waals surface area (Å²) in [6.45, 7) is 2.05. The van der Waals surface area contributed by atoms with Crippen molar-refractivity contribution in [1.29, 1.82) is 0 Å². The normalized spacial score (nSPS) is 10.6. The molecule has 30 heavy (non-hydrogen) atoms. The fraction of sp³-hybridized carbons (Fsp3) is 0.125. The van der Waals surface area contributed by atoms with Crippen molar-refractivity contribution >= 4 is 11.6 Å². The summed E-state index contributed by atoms with van der Waals surface area (Å²) in [6.07, 6.45) is 0.819. The lowest BCUT2D eigenvalue weighted by molar-refractivity contribution is 0.101. The van der Waals surface area contributed by atoms with E-state index in [1.54, 1.807) is 11.8 Å². The molecule has 0 radical (unpaired) electrons. The second-order valence-electron chi connectivity index (χ2n) is 6.70. The quantitative estimate of drug-likeness (QED) is 0.509. The molecule has 4 aromatic rings. The minimum atomic E-state index is -0.347. The van der Waals surface area contributed by atoms with E-state index in [2.05, 4.69) is 22.3 Å². The van der Waals surface area contributed by atoms with Gasteiger partial charge in [-0.3, -0.25) is 4.79 Å². The molecule has 1 aromatic heterocycles. The molecule has 4 rings (SSSR count). The molecule has 1 heterocycles. The highest BCUT2D eigenvalue weighted by Gasteiger charge is 2.19. The topological polar surface area (TPSA) is 69.0 Å². The van der Waals surface area contributed by atoms with Gasteiger partial charge in [0.05, 0.1) is 12.8 Å². The van der Waals surface area contributed by atoms with Gasteiger partial charge in [-0.05, 0) is 54.4 Å². The van der Waals surface area contributed by atoms with Crippen molar-refractivity contribution in [3.05, 3.63) is 90.3 Å². The highest BCUT2D eigenvalue weighted by Crippen LogP contribution is 2.24. The molecule has 6 nitrogen and oxygen atoms in total. The van der Waals surface area contributed by atoms with Gasteiger partial charge >= 0.3 is 0 Å². The molecule has 0 aliphatic carbocycles. The standard InChI is InChI=1S/C24H22N4O2/c1-3-17-9-7-8-12-21(17)25-24(29)22-26-23(18-13-15-20(30-2)16-14-18)28(27-22)19-10-5-4-6-11-19/h4-16H,3H2,1-2H3,(H,25,29). The number of hydrogen-bond acceptors (Lipinski definition) is 4. The number of anilines is 1. The third-order valence-corrected chi connectivity index (χ3v) is 4.81. The van der Waals surface area contributed by atoms with Crippen molar-refractivity contribution in [2.24, 2.45) is 0 Å². The Morgan fingerprint density at radius 2 is 1.67 bits per heavy atom. The van der Waals surface area contributed by atoms with Gasteiger partial charge in [0.25, 0.3) is 5.91 Å². The lowest BCUT2D eigenvalue weighted by Gasteiger charge is -2.07. The van der Waals surface area contributed by atoms with Gasteiger partial charge in [0, 0.05) is 11.3 Å². The average Bonchev–Trinajstić information content (AvgIpc) is 3.26. The summed E-state index contributed by atoms with van der Waals surface area (Å²) in [5.41, 5.74) is 3.49. The van der Waals surface area contributed by atoms with Crippen LogP contribution in [-0.2, 0) is 6.42 Å². The number of nitrogens with one attached hydrogen (secondary N) is 1. The molecule has 0 aliphatic rings. The Balaban J connectivity index is 1.74. The van der Waals surface area contributed by atoms with Crippen LogP contribution in [0.15, 0.2) is 78.9 Å². The van der Waals surface area contributed by atoms with E-state index in [0.717, 1.165) is 34.7 Å². The molecule has 0 unspecified atom stereocenters. The highest BCUT2D eigenvalue weighted by molar-refractivity contribution is 6.02. The molecule has 0 saturated heterocycles. The zero-order chi connectivity index (χ0) is 20.9. The van der Waals surface area contributed by atoms with E-state index in [9.17, 15) is 4.79 Å². The lowest BCUT2D eigenvalue weighted by atomic mass is 10.1. The maximum Gasteiger partial charge on any atom is 0.295 e. The van der Waals surface area contributed by atoms with Gasteiger partial charge in [0.1, 0.15) is 5.75 Å². The molecule has 1 amide bonds. The molecular weight excluding hydrogens is 376 g/mol. The number of rotatable bonds is 6. The average molecular weight is 398 g/mol. The molecule has 0 bridgehead atoms. The predicted molar refractivity (Wildman–Crippen MR) is 117 cm³/mol. The Labute approximate surface area is 175 Å². The van der Waals surface area contributed by atoms with Crippen molar-refractivity contribution in [2.45, 2.75) is 13.3 Å². The number of hydrogen-bond donors (Lipinski definition) is 1. The van der Waals surface area contributed by atoms with Gasteiger partial charge in [-0.2, -0.15) is 0 Å². The van der Waals surface area contributed by atoms with Gasteiger partial charge in [-0.1, -0.05) is 43.3 Å². The first-order chi connectivity index (χ1) is 14.7. The lowest BCUT2D eigenvalue weighted by Crippen LogP contribution is -2.15. The van der Waals surface area contributed by atoms with Crippen molar-refractivity contribution in [2.75, 3.05) is 12.4 Å².